The summed E-state index contributed by atoms with van der Waals surface area (Å²) in [4.78, 5) is 4.06. The Kier molecular flexibility index (Phi) is 4.08. The second kappa shape index (κ2) is 5.77. The third-order valence-electron chi connectivity index (χ3n) is 2.54. The van der Waals surface area contributed by atoms with E-state index in [-0.39, 0.29) is 6.10 Å². The van der Waals surface area contributed by atoms with Gasteiger partial charge >= 0.3 is 0 Å². The summed E-state index contributed by atoms with van der Waals surface area (Å²) < 4.78 is 0. The molecule has 2 aromatic heterocycles. The molecule has 0 spiro atoms. The Morgan fingerprint density at radius 1 is 1.31 bits per heavy atom. The summed E-state index contributed by atoms with van der Waals surface area (Å²) in [6.07, 6.45) is 5.81. The van der Waals surface area contributed by atoms with E-state index in [4.69, 9.17) is 0 Å². The molecule has 2 aromatic rings. The van der Waals surface area contributed by atoms with E-state index in [1.54, 1.807) is 17.5 Å². The first-order valence-electron chi connectivity index (χ1n) is 5.42. The third kappa shape index (κ3) is 3.43. The van der Waals surface area contributed by atoms with Gasteiger partial charge in [0, 0.05) is 12.4 Å². The van der Waals surface area contributed by atoms with Crippen molar-refractivity contribution in [3.05, 3.63) is 52.5 Å². The summed E-state index contributed by atoms with van der Waals surface area (Å²) in [6, 6.07) is 6.04. The molecule has 0 radical (unpaired) electrons. The van der Waals surface area contributed by atoms with Crippen molar-refractivity contribution >= 4 is 11.3 Å². The van der Waals surface area contributed by atoms with Crippen molar-refractivity contribution in [2.24, 2.45) is 0 Å². The van der Waals surface area contributed by atoms with E-state index in [1.807, 2.05) is 23.7 Å². The summed E-state index contributed by atoms with van der Waals surface area (Å²) in [5.41, 5.74) is 2.41. The summed E-state index contributed by atoms with van der Waals surface area (Å²) in [6.45, 7) is 0. The van der Waals surface area contributed by atoms with Crippen LogP contribution in [0.25, 0.3) is 0 Å². The highest BCUT2D eigenvalue weighted by molar-refractivity contribution is 7.07. The molecule has 1 unspecified atom stereocenters. The van der Waals surface area contributed by atoms with Gasteiger partial charge in [0.1, 0.15) is 0 Å². The molecule has 0 aliphatic carbocycles. The topological polar surface area (TPSA) is 33.1 Å². The molecule has 0 aliphatic rings. The molecular formula is C13H15NOS. The lowest BCUT2D eigenvalue weighted by Gasteiger charge is -2.08. The van der Waals surface area contributed by atoms with E-state index < -0.39 is 0 Å². The van der Waals surface area contributed by atoms with Crippen LogP contribution in [0.4, 0.5) is 0 Å². The number of aliphatic hydroxyl groups excluding tert-OH is 1. The Labute approximate surface area is 99.6 Å². The number of aryl methyl sites for hydroxylation is 1. The first kappa shape index (κ1) is 11.3. The average Bonchev–Trinajstić information content (AvgIpc) is 2.81. The number of thiophene rings is 1. The number of aliphatic hydroxyl groups is 1. The quantitative estimate of drug-likeness (QED) is 0.861. The molecule has 0 aliphatic heterocycles. The molecule has 0 saturated carbocycles. The number of hydrogen-bond donors (Lipinski definition) is 1. The van der Waals surface area contributed by atoms with Crippen LogP contribution in [0.3, 0.4) is 0 Å². The van der Waals surface area contributed by atoms with Gasteiger partial charge in [-0.25, -0.2) is 0 Å². The van der Waals surface area contributed by atoms with Crippen molar-refractivity contribution in [1.82, 2.24) is 4.98 Å². The molecule has 1 atom stereocenters. The van der Waals surface area contributed by atoms with Gasteiger partial charge in [0.15, 0.2) is 0 Å². The predicted molar refractivity (Wildman–Crippen MR) is 66.6 cm³/mol. The Balaban J connectivity index is 1.78. The van der Waals surface area contributed by atoms with Gasteiger partial charge in [0.2, 0.25) is 0 Å². The van der Waals surface area contributed by atoms with Crippen LogP contribution in [0, 0.1) is 0 Å². The summed E-state index contributed by atoms with van der Waals surface area (Å²) in [7, 11) is 0. The molecule has 1 N–H and O–H groups in total. The standard InChI is InChI=1S/C13H15NOS/c15-13(8-12-5-7-16-10-12)4-3-11-2-1-6-14-9-11/h1-2,5-7,9-10,13,15H,3-4,8H2. The minimum Gasteiger partial charge on any atom is -0.393 e. The molecule has 3 heteroatoms. The zero-order chi connectivity index (χ0) is 11.2. The maximum atomic E-state index is 9.87. The molecule has 84 valence electrons. The molecule has 2 heterocycles. The highest BCUT2D eigenvalue weighted by Crippen LogP contribution is 2.12. The highest BCUT2D eigenvalue weighted by atomic mass is 32.1. The number of aromatic nitrogens is 1. The van der Waals surface area contributed by atoms with Gasteiger partial charge in [-0.3, -0.25) is 4.98 Å². The first-order chi connectivity index (χ1) is 7.84. The average molecular weight is 233 g/mol. The SMILES string of the molecule is OC(CCc1cccnc1)Cc1ccsc1. The molecule has 0 amide bonds. The van der Waals surface area contributed by atoms with Crippen LogP contribution in [-0.4, -0.2) is 16.2 Å². The predicted octanol–water partition coefficient (Wildman–Crippen LogP) is 2.68. The number of hydrogen-bond acceptors (Lipinski definition) is 3. The molecule has 0 aromatic carbocycles. The van der Waals surface area contributed by atoms with E-state index in [0.717, 1.165) is 19.3 Å². The van der Waals surface area contributed by atoms with Gasteiger partial charge in [0.05, 0.1) is 6.10 Å². The molecule has 0 saturated heterocycles. The van der Waals surface area contributed by atoms with Gasteiger partial charge < -0.3 is 5.11 Å². The molecular weight excluding hydrogens is 218 g/mol. The Bertz CT molecular complexity index is 399. The lowest BCUT2D eigenvalue weighted by molar-refractivity contribution is 0.165. The van der Waals surface area contributed by atoms with Crippen molar-refractivity contribution in [3.8, 4) is 0 Å². The smallest absolute Gasteiger partial charge is 0.0584 e. The van der Waals surface area contributed by atoms with Crippen LogP contribution in [-0.2, 0) is 12.8 Å². The fraction of sp³-hybridized carbons (Fsp3) is 0.308. The fourth-order valence-electron chi connectivity index (χ4n) is 1.66. The third-order valence-corrected chi connectivity index (χ3v) is 3.27. The van der Waals surface area contributed by atoms with Gasteiger partial charge in [0.25, 0.3) is 0 Å². The summed E-state index contributed by atoms with van der Waals surface area (Å²) in [5.74, 6) is 0. The van der Waals surface area contributed by atoms with Gasteiger partial charge in [-0.1, -0.05) is 6.07 Å². The van der Waals surface area contributed by atoms with Crippen LogP contribution in [0.2, 0.25) is 0 Å². The number of nitrogens with zero attached hydrogens (tertiary/aromatic N) is 1. The van der Waals surface area contributed by atoms with Crippen LogP contribution in [0.1, 0.15) is 17.5 Å². The monoisotopic (exact) mass is 233 g/mol. The van der Waals surface area contributed by atoms with Gasteiger partial charge in [-0.05, 0) is 53.3 Å². The molecule has 0 bridgehead atoms. The van der Waals surface area contributed by atoms with E-state index in [9.17, 15) is 5.11 Å². The first-order valence-corrected chi connectivity index (χ1v) is 6.37. The van der Waals surface area contributed by atoms with E-state index >= 15 is 0 Å². The fourth-order valence-corrected chi connectivity index (χ4v) is 2.34. The van der Waals surface area contributed by atoms with Crippen molar-refractivity contribution in [2.75, 3.05) is 0 Å². The Morgan fingerprint density at radius 3 is 2.94 bits per heavy atom. The van der Waals surface area contributed by atoms with Gasteiger partial charge in [-0.15, -0.1) is 0 Å². The molecule has 2 rings (SSSR count). The maximum absolute atomic E-state index is 9.87. The van der Waals surface area contributed by atoms with Crippen LogP contribution in [0.5, 0.6) is 0 Å². The Morgan fingerprint density at radius 2 is 2.25 bits per heavy atom. The minimum absolute atomic E-state index is 0.255. The maximum Gasteiger partial charge on any atom is 0.0584 e. The Hall–Kier alpha value is -1.19. The highest BCUT2D eigenvalue weighted by Gasteiger charge is 2.06. The number of rotatable bonds is 5. The second-order valence-electron chi connectivity index (χ2n) is 3.89. The minimum atomic E-state index is -0.255. The molecule has 0 fully saturated rings. The zero-order valence-corrected chi connectivity index (χ0v) is 9.86. The van der Waals surface area contributed by atoms with E-state index in [0.29, 0.717) is 0 Å². The van der Waals surface area contributed by atoms with Crippen molar-refractivity contribution < 1.29 is 5.11 Å². The van der Waals surface area contributed by atoms with E-state index in [1.165, 1.54) is 11.1 Å². The van der Waals surface area contributed by atoms with Crippen molar-refractivity contribution in [3.63, 3.8) is 0 Å². The van der Waals surface area contributed by atoms with Gasteiger partial charge in [-0.2, -0.15) is 11.3 Å². The summed E-state index contributed by atoms with van der Waals surface area (Å²) >= 11 is 1.67. The van der Waals surface area contributed by atoms with Crippen molar-refractivity contribution in [1.29, 1.82) is 0 Å². The van der Waals surface area contributed by atoms with Crippen LogP contribution >= 0.6 is 11.3 Å². The molecule has 2 nitrogen and oxygen atoms in total. The number of pyridine rings is 1. The van der Waals surface area contributed by atoms with Crippen LogP contribution < -0.4 is 0 Å². The van der Waals surface area contributed by atoms with Crippen molar-refractivity contribution in [2.45, 2.75) is 25.4 Å². The lowest BCUT2D eigenvalue weighted by Crippen LogP contribution is -2.11. The summed E-state index contributed by atoms with van der Waals surface area (Å²) in [5, 5.41) is 14.0. The van der Waals surface area contributed by atoms with E-state index in [2.05, 4.69) is 16.4 Å². The normalized spacial score (nSPS) is 12.6. The second-order valence-corrected chi connectivity index (χ2v) is 4.67. The zero-order valence-electron chi connectivity index (χ0n) is 9.04. The largest absolute Gasteiger partial charge is 0.393 e. The molecule has 16 heavy (non-hydrogen) atoms. The van der Waals surface area contributed by atoms with Crippen LogP contribution in [0.15, 0.2) is 41.4 Å². The lowest BCUT2D eigenvalue weighted by atomic mass is 10.0.